The number of rotatable bonds is 5. The quantitative estimate of drug-likeness (QED) is 0.857. The minimum Gasteiger partial charge on any atom is -0.326 e. The van der Waals surface area contributed by atoms with Gasteiger partial charge in [0.05, 0.1) is 0 Å². The van der Waals surface area contributed by atoms with E-state index in [1.54, 1.807) is 17.5 Å². The van der Waals surface area contributed by atoms with E-state index in [9.17, 15) is 4.79 Å². The van der Waals surface area contributed by atoms with E-state index >= 15 is 0 Å². The number of halogens is 1. The molecule has 0 atom stereocenters. The first-order chi connectivity index (χ1) is 10.8. The molecule has 124 valence electrons. The van der Waals surface area contributed by atoms with Crippen molar-refractivity contribution in [3.8, 4) is 10.6 Å². The van der Waals surface area contributed by atoms with Gasteiger partial charge in [-0.3, -0.25) is 4.79 Å². The fourth-order valence-corrected chi connectivity index (χ4v) is 3.46. The first kappa shape index (κ1) is 17.9. The van der Waals surface area contributed by atoms with Gasteiger partial charge in [0.2, 0.25) is 5.91 Å². The van der Waals surface area contributed by atoms with E-state index in [0.29, 0.717) is 12.3 Å². The smallest absolute Gasteiger partial charge is 0.224 e. The highest BCUT2D eigenvalue weighted by molar-refractivity contribution is 7.13. The molecule has 1 aliphatic rings. The first-order valence-electron chi connectivity index (χ1n) is 7.82. The number of carbonyl (C=O) groups excluding carboxylic acids is 1. The number of carbonyl (C=O) groups is 1. The molecular weight excluding hydrogens is 330 g/mol. The fraction of sp³-hybridized carbons (Fsp3) is 0.412. The average molecular weight is 352 g/mol. The molecule has 2 heterocycles. The van der Waals surface area contributed by atoms with Gasteiger partial charge in [-0.2, -0.15) is 0 Å². The zero-order chi connectivity index (χ0) is 15.2. The Morgan fingerprint density at radius 3 is 2.91 bits per heavy atom. The van der Waals surface area contributed by atoms with Crippen LogP contribution in [-0.2, 0) is 4.79 Å². The van der Waals surface area contributed by atoms with E-state index in [1.165, 1.54) is 12.8 Å². The molecule has 0 aliphatic carbocycles. The van der Waals surface area contributed by atoms with Crippen LogP contribution in [0.15, 0.2) is 35.8 Å². The summed E-state index contributed by atoms with van der Waals surface area (Å²) in [5.41, 5.74) is 1.90. The van der Waals surface area contributed by atoms with E-state index in [1.807, 2.05) is 29.6 Å². The van der Waals surface area contributed by atoms with Gasteiger partial charge in [-0.1, -0.05) is 12.1 Å². The van der Waals surface area contributed by atoms with Gasteiger partial charge in [-0.25, -0.2) is 4.98 Å². The predicted molar refractivity (Wildman–Crippen MR) is 98.3 cm³/mol. The number of amides is 1. The van der Waals surface area contributed by atoms with Gasteiger partial charge in [0.1, 0.15) is 5.01 Å². The molecule has 3 rings (SSSR count). The van der Waals surface area contributed by atoms with Crippen LogP contribution in [0.5, 0.6) is 0 Å². The molecule has 1 fully saturated rings. The topological polar surface area (TPSA) is 54.0 Å². The molecular formula is C17H22ClN3OS. The molecule has 0 bridgehead atoms. The van der Waals surface area contributed by atoms with Crippen molar-refractivity contribution in [3.63, 3.8) is 0 Å². The maximum Gasteiger partial charge on any atom is 0.224 e. The van der Waals surface area contributed by atoms with Crippen molar-refractivity contribution in [3.05, 3.63) is 35.8 Å². The summed E-state index contributed by atoms with van der Waals surface area (Å²) < 4.78 is 0. The number of benzene rings is 1. The summed E-state index contributed by atoms with van der Waals surface area (Å²) in [5.74, 6) is 0.795. The van der Waals surface area contributed by atoms with E-state index in [4.69, 9.17) is 0 Å². The van der Waals surface area contributed by atoms with Crippen LogP contribution in [0.3, 0.4) is 0 Å². The molecule has 4 nitrogen and oxygen atoms in total. The van der Waals surface area contributed by atoms with Gasteiger partial charge in [0, 0.05) is 29.2 Å². The zero-order valence-corrected chi connectivity index (χ0v) is 14.6. The van der Waals surface area contributed by atoms with Gasteiger partial charge in [-0.15, -0.1) is 23.7 Å². The molecule has 2 N–H and O–H groups in total. The fourth-order valence-electron chi connectivity index (χ4n) is 2.83. The lowest BCUT2D eigenvalue weighted by atomic mass is 9.93. The average Bonchev–Trinajstić information content (AvgIpc) is 3.09. The van der Waals surface area contributed by atoms with Crippen LogP contribution in [0.2, 0.25) is 0 Å². The molecule has 1 aromatic carbocycles. The van der Waals surface area contributed by atoms with Crippen molar-refractivity contribution in [2.45, 2.75) is 25.7 Å². The lowest BCUT2D eigenvalue weighted by Crippen LogP contribution is -2.28. The van der Waals surface area contributed by atoms with Gasteiger partial charge >= 0.3 is 0 Å². The Morgan fingerprint density at radius 1 is 1.35 bits per heavy atom. The molecule has 1 saturated heterocycles. The molecule has 2 aromatic rings. The van der Waals surface area contributed by atoms with E-state index < -0.39 is 0 Å². The molecule has 1 aromatic heterocycles. The van der Waals surface area contributed by atoms with Gasteiger partial charge in [0.15, 0.2) is 0 Å². The van der Waals surface area contributed by atoms with Crippen molar-refractivity contribution in [2.24, 2.45) is 5.92 Å². The predicted octanol–water partition coefficient (Wildman–Crippen LogP) is 3.95. The Hall–Kier alpha value is -1.43. The summed E-state index contributed by atoms with van der Waals surface area (Å²) in [7, 11) is 0. The third-order valence-corrected chi connectivity index (χ3v) is 4.89. The number of nitrogens with one attached hydrogen (secondary N) is 2. The molecule has 0 unspecified atom stereocenters. The lowest BCUT2D eigenvalue weighted by Gasteiger charge is -2.22. The minimum atomic E-state index is 0. The number of hydrogen-bond acceptors (Lipinski definition) is 4. The largest absolute Gasteiger partial charge is 0.326 e. The summed E-state index contributed by atoms with van der Waals surface area (Å²) in [6.07, 6.45) is 5.76. The number of hydrogen-bond donors (Lipinski definition) is 2. The van der Waals surface area contributed by atoms with E-state index in [2.05, 4.69) is 15.6 Å². The monoisotopic (exact) mass is 351 g/mol. The van der Waals surface area contributed by atoms with Crippen molar-refractivity contribution in [2.75, 3.05) is 18.4 Å². The third kappa shape index (κ3) is 5.30. The first-order valence-corrected chi connectivity index (χ1v) is 8.70. The molecule has 0 saturated carbocycles. The number of thiazole rings is 1. The Balaban J connectivity index is 0.00000192. The second-order valence-corrected chi connectivity index (χ2v) is 6.59. The second-order valence-electron chi connectivity index (χ2n) is 5.70. The zero-order valence-electron chi connectivity index (χ0n) is 13.0. The summed E-state index contributed by atoms with van der Waals surface area (Å²) in [4.78, 5) is 16.4. The SMILES string of the molecule is Cl.O=C(CCC1CCNCC1)Nc1cccc(-c2nccs2)c1. The minimum absolute atomic E-state index is 0. The molecule has 1 aliphatic heterocycles. The molecule has 0 spiro atoms. The highest BCUT2D eigenvalue weighted by Gasteiger charge is 2.14. The van der Waals surface area contributed by atoms with Crippen LogP contribution in [0.1, 0.15) is 25.7 Å². The maximum atomic E-state index is 12.1. The lowest BCUT2D eigenvalue weighted by molar-refractivity contribution is -0.116. The van der Waals surface area contributed by atoms with Crippen molar-refractivity contribution in [1.29, 1.82) is 0 Å². The van der Waals surface area contributed by atoms with E-state index in [0.717, 1.165) is 35.8 Å². The summed E-state index contributed by atoms with van der Waals surface area (Å²) >= 11 is 1.60. The summed E-state index contributed by atoms with van der Waals surface area (Å²) in [6, 6.07) is 7.89. The number of anilines is 1. The van der Waals surface area contributed by atoms with Gasteiger partial charge in [-0.05, 0) is 50.4 Å². The highest BCUT2D eigenvalue weighted by Crippen LogP contribution is 2.24. The van der Waals surface area contributed by atoms with Crippen LogP contribution in [0.25, 0.3) is 10.6 Å². The van der Waals surface area contributed by atoms with Crippen LogP contribution in [-0.4, -0.2) is 24.0 Å². The second kappa shape index (κ2) is 9.01. The van der Waals surface area contributed by atoms with Gasteiger partial charge in [0.25, 0.3) is 0 Å². The Kier molecular flexibility index (Phi) is 7.02. The number of nitrogens with zero attached hydrogens (tertiary/aromatic N) is 1. The molecule has 6 heteroatoms. The molecule has 1 amide bonds. The van der Waals surface area contributed by atoms with Crippen molar-refractivity contribution in [1.82, 2.24) is 10.3 Å². The normalized spacial score (nSPS) is 15.0. The highest BCUT2D eigenvalue weighted by atomic mass is 35.5. The van der Waals surface area contributed by atoms with Crippen LogP contribution in [0, 0.1) is 5.92 Å². The van der Waals surface area contributed by atoms with Gasteiger partial charge < -0.3 is 10.6 Å². The number of piperidine rings is 1. The Morgan fingerprint density at radius 2 is 2.17 bits per heavy atom. The Labute approximate surface area is 147 Å². The third-order valence-electron chi connectivity index (χ3n) is 4.06. The van der Waals surface area contributed by atoms with Crippen LogP contribution >= 0.6 is 23.7 Å². The van der Waals surface area contributed by atoms with Crippen molar-refractivity contribution < 1.29 is 4.79 Å². The maximum absolute atomic E-state index is 12.1. The van der Waals surface area contributed by atoms with Crippen LogP contribution in [0.4, 0.5) is 5.69 Å². The van der Waals surface area contributed by atoms with Crippen LogP contribution < -0.4 is 10.6 Å². The molecule has 23 heavy (non-hydrogen) atoms. The Bertz CT molecular complexity index is 612. The van der Waals surface area contributed by atoms with E-state index in [-0.39, 0.29) is 18.3 Å². The molecule has 0 radical (unpaired) electrons. The summed E-state index contributed by atoms with van der Waals surface area (Å²) in [6.45, 7) is 2.17. The number of aromatic nitrogens is 1. The standard InChI is InChI=1S/C17H21N3OS.ClH/c21-16(5-4-13-6-8-18-9-7-13)20-15-3-1-2-14(12-15)17-19-10-11-22-17;/h1-3,10-13,18H,4-9H2,(H,20,21);1H. The van der Waals surface area contributed by atoms with Crippen molar-refractivity contribution >= 4 is 35.3 Å². The summed E-state index contributed by atoms with van der Waals surface area (Å²) in [5, 5.41) is 9.30.